The minimum absolute atomic E-state index is 0.136. The summed E-state index contributed by atoms with van der Waals surface area (Å²) in [6, 6.07) is 4.09. The van der Waals surface area contributed by atoms with Gasteiger partial charge in [0.25, 0.3) is 5.91 Å². The Labute approximate surface area is 116 Å². The summed E-state index contributed by atoms with van der Waals surface area (Å²) >= 11 is 0. The van der Waals surface area contributed by atoms with Crippen LogP contribution in [0.25, 0.3) is 0 Å². The molecule has 0 heterocycles. The normalized spacial score (nSPS) is 10.1. The van der Waals surface area contributed by atoms with E-state index in [2.05, 4.69) is 0 Å². The van der Waals surface area contributed by atoms with E-state index in [1.165, 1.54) is 12.1 Å². The molecule has 0 fully saturated rings. The molecular weight excluding hydrogens is 265 g/mol. The van der Waals surface area contributed by atoms with Crippen molar-refractivity contribution in [2.24, 2.45) is 11.6 Å². The molecule has 0 bridgehead atoms. The van der Waals surface area contributed by atoms with Gasteiger partial charge in [0.2, 0.25) is 5.91 Å². The highest BCUT2D eigenvalue weighted by Crippen LogP contribution is 2.21. The second kappa shape index (κ2) is 8.11. The average molecular weight is 283 g/mol. The number of rotatable bonds is 8. The number of primary amides is 1. The predicted molar refractivity (Wildman–Crippen MR) is 71.2 cm³/mol. The zero-order valence-electron chi connectivity index (χ0n) is 11.0. The molecule has 110 valence electrons. The van der Waals surface area contributed by atoms with Gasteiger partial charge in [-0.05, 0) is 31.4 Å². The molecule has 0 saturated heterocycles. The van der Waals surface area contributed by atoms with Gasteiger partial charge in [-0.25, -0.2) is 10.2 Å². The molecule has 0 aliphatic carbocycles. The van der Waals surface area contributed by atoms with Crippen molar-refractivity contribution in [1.29, 1.82) is 0 Å². The van der Waals surface area contributed by atoms with E-state index in [0.29, 0.717) is 25.9 Å². The largest absolute Gasteiger partial charge is 0.493 e. The maximum absolute atomic E-state index is 13.4. The van der Waals surface area contributed by atoms with E-state index in [1.54, 1.807) is 0 Å². The molecule has 0 radical (unpaired) electrons. The van der Waals surface area contributed by atoms with Gasteiger partial charge in [0.1, 0.15) is 17.1 Å². The Morgan fingerprint density at radius 3 is 2.65 bits per heavy atom. The van der Waals surface area contributed by atoms with E-state index in [1.807, 2.05) is 5.43 Å². The molecule has 0 saturated carbocycles. The number of unbranched alkanes of at least 4 members (excludes halogenated alkanes) is 2. The number of halogens is 1. The minimum Gasteiger partial charge on any atom is -0.493 e. The Morgan fingerprint density at radius 1 is 1.25 bits per heavy atom. The third kappa shape index (κ3) is 4.85. The van der Waals surface area contributed by atoms with Gasteiger partial charge in [0, 0.05) is 6.42 Å². The van der Waals surface area contributed by atoms with Crippen molar-refractivity contribution in [3.8, 4) is 5.75 Å². The van der Waals surface area contributed by atoms with Gasteiger partial charge in [0.05, 0.1) is 6.61 Å². The van der Waals surface area contributed by atoms with Gasteiger partial charge in [-0.15, -0.1) is 0 Å². The average Bonchev–Trinajstić information content (AvgIpc) is 2.41. The zero-order valence-corrected chi connectivity index (χ0v) is 11.0. The number of carbonyl (C=O) groups is 2. The van der Waals surface area contributed by atoms with Crippen LogP contribution in [0.1, 0.15) is 36.0 Å². The lowest BCUT2D eigenvalue weighted by atomic mass is 10.1. The third-order valence-corrected chi connectivity index (χ3v) is 2.69. The van der Waals surface area contributed by atoms with E-state index in [9.17, 15) is 14.0 Å². The molecule has 0 spiro atoms. The zero-order chi connectivity index (χ0) is 15.0. The van der Waals surface area contributed by atoms with E-state index >= 15 is 0 Å². The van der Waals surface area contributed by atoms with Gasteiger partial charge in [0.15, 0.2) is 0 Å². The minimum atomic E-state index is -0.863. The molecule has 0 aromatic heterocycles. The van der Waals surface area contributed by atoms with Crippen molar-refractivity contribution in [2.75, 3.05) is 6.61 Å². The SMILES string of the molecule is NNC(=O)CCCCCOc1cccc(F)c1C(N)=O. The molecule has 5 N–H and O–H groups in total. The Bertz CT molecular complexity index is 480. The molecule has 0 atom stereocenters. The van der Waals surface area contributed by atoms with E-state index in [-0.39, 0.29) is 17.2 Å². The van der Waals surface area contributed by atoms with Crippen LogP contribution < -0.4 is 21.7 Å². The van der Waals surface area contributed by atoms with Gasteiger partial charge < -0.3 is 10.5 Å². The first-order chi connectivity index (χ1) is 9.56. The van der Waals surface area contributed by atoms with Crippen molar-refractivity contribution < 1.29 is 18.7 Å². The van der Waals surface area contributed by atoms with Crippen LogP contribution in [0, 0.1) is 5.82 Å². The Balaban J connectivity index is 2.37. The number of ether oxygens (including phenoxy) is 1. The number of hydrogen-bond donors (Lipinski definition) is 3. The number of nitrogens with two attached hydrogens (primary N) is 2. The Kier molecular flexibility index (Phi) is 6.45. The monoisotopic (exact) mass is 283 g/mol. The van der Waals surface area contributed by atoms with Crippen molar-refractivity contribution in [1.82, 2.24) is 5.43 Å². The van der Waals surface area contributed by atoms with Crippen molar-refractivity contribution in [2.45, 2.75) is 25.7 Å². The van der Waals surface area contributed by atoms with Crippen LogP contribution in [0.15, 0.2) is 18.2 Å². The van der Waals surface area contributed by atoms with Gasteiger partial charge in [-0.3, -0.25) is 15.0 Å². The van der Waals surface area contributed by atoms with Gasteiger partial charge >= 0.3 is 0 Å². The topological polar surface area (TPSA) is 107 Å². The fraction of sp³-hybridized carbons (Fsp3) is 0.385. The molecule has 2 amide bonds. The lowest BCUT2D eigenvalue weighted by molar-refractivity contribution is -0.121. The first kappa shape index (κ1) is 15.9. The predicted octanol–water partition coefficient (Wildman–Crippen LogP) is 0.854. The molecule has 1 rings (SSSR count). The van der Waals surface area contributed by atoms with E-state index in [4.69, 9.17) is 16.3 Å². The van der Waals surface area contributed by atoms with Crippen molar-refractivity contribution in [3.63, 3.8) is 0 Å². The molecule has 7 heteroatoms. The summed E-state index contributed by atoms with van der Waals surface area (Å²) in [5.41, 5.74) is 6.90. The van der Waals surface area contributed by atoms with Crippen molar-refractivity contribution >= 4 is 11.8 Å². The molecular formula is C13H18FN3O3. The summed E-state index contributed by atoms with van der Waals surface area (Å²) in [7, 11) is 0. The van der Waals surface area contributed by atoms with Crippen LogP contribution in [0.5, 0.6) is 5.75 Å². The second-order valence-electron chi connectivity index (χ2n) is 4.20. The molecule has 20 heavy (non-hydrogen) atoms. The molecule has 0 aliphatic heterocycles. The molecule has 0 aliphatic rings. The van der Waals surface area contributed by atoms with Crippen LogP contribution in [0.2, 0.25) is 0 Å². The van der Waals surface area contributed by atoms with Crippen LogP contribution in [-0.4, -0.2) is 18.4 Å². The van der Waals surface area contributed by atoms with E-state index in [0.717, 1.165) is 12.5 Å². The lowest BCUT2D eigenvalue weighted by Crippen LogP contribution is -2.29. The first-order valence-electron chi connectivity index (χ1n) is 6.26. The number of benzene rings is 1. The summed E-state index contributed by atoms with van der Waals surface area (Å²) in [6.07, 6.45) is 2.46. The Morgan fingerprint density at radius 2 is 2.00 bits per heavy atom. The Hall–Kier alpha value is -2.15. The summed E-state index contributed by atoms with van der Waals surface area (Å²) in [5, 5.41) is 0. The highest BCUT2D eigenvalue weighted by Gasteiger charge is 2.14. The number of amides is 2. The summed E-state index contributed by atoms with van der Waals surface area (Å²) in [5.74, 6) is 3.30. The number of nitrogens with one attached hydrogen (secondary N) is 1. The highest BCUT2D eigenvalue weighted by molar-refractivity contribution is 5.95. The van der Waals surface area contributed by atoms with Crippen LogP contribution in [0.3, 0.4) is 0 Å². The number of hydrogen-bond acceptors (Lipinski definition) is 4. The third-order valence-electron chi connectivity index (χ3n) is 2.69. The van der Waals surface area contributed by atoms with Crippen molar-refractivity contribution in [3.05, 3.63) is 29.6 Å². The number of carbonyl (C=O) groups excluding carboxylic acids is 2. The fourth-order valence-electron chi connectivity index (χ4n) is 1.68. The summed E-state index contributed by atoms with van der Waals surface area (Å²) in [6.45, 7) is 0.313. The molecule has 6 nitrogen and oxygen atoms in total. The van der Waals surface area contributed by atoms with E-state index < -0.39 is 11.7 Å². The maximum atomic E-state index is 13.4. The molecule has 1 aromatic carbocycles. The highest BCUT2D eigenvalue weighted by atomic mass is 19.1. The maximum Gasteiger partial charge on any atom is 0.255 e. The standard InChI is InChI=1S/C13H18FN3O3/c14-9-5-4-6-10(12(9)13(15)19)20-8-3-1-2-7-11(18)17-16/h4-6H,1-3,7-8,16H2,(H2,15,19)(H,17,18). The fourth-order valence-corrected chi connectivity index (χ4v) is 1.68. The lowest BCUT2D eigenvalue weighted by Gasteiger charge is -2.10. The van der Waals surface area contributed by atoms with Gasteiger partial charge in [-0.1, -0.05) is 6.07 Å². The van der Waals surface area contributed by atoms with Crippen LogP contribution in [0.4, 0.5) is 4.39 Å². The van der Waals surface area contributed by atoms with Crippen LogP contribution in [-0.2, 0) is 4.79 Å². The summed E-state index contributed by atoms with van der Waals surface area (Å²) < 4.78 is 18.8. The number of hydrazine groups is 1. The molecule has 0 unspecified atom stereocenters. The quantitative estimate of drug-likeness (QED) is 0.284. The van der Waals surface area contributed by atoms with Crippen LogP contribution >= 0.6 is 0 Å². The van der Waals surface area contributed by atoms with Gasteiger partial charge in [-0.2, -0.15) is 0 Å². The molecule has 1 aromatic rings. The summed E-state index contributed by atoms with van der Waals surface area (Å²) in [4.78, 5) is 22.0. The first-order valence-corrected chi connectivity index (χ1v) is 6.26. The second-order valence-corrected chi connectivity index (χ2v) is 4.20. The smallest absolute Gasteiger partial charge is 0.255 e.